The van der Waals surface area contributed by atoms with Crippen molar-refractivity contribution in [3.63, 3.8) is 0 Å². The van der Waals surface area contributed by atoms with Gasteiger partial charge in [0.25, 0.3) is 5.91 Å². The first kappa shape index (κ1) is 20.5. The van der Waals surface area contributed by atoms with E-state index < -0.39 is 0 Å². The highest BCUT2D eigenvalue weighted by Gasteiger charge is 2.20. The third-order valence-electron chi connectivity index (χ3n) is 5.51. The van der Waals surface area contributed by atoms with Gasteiger partial charge in [-0.05, 0) is 47.4 Å². The van der Waals surface area contributed by atoms with Crippen LogP contribution in [0, 0.1) is 0 Å². The van der Waals surface area contributed by atoms with Crippen molar-refractivity contribution in [2.24, 2.45) is 0 Å². The van der Waals surface area contributed by atoms with Crippen LogP contribution < -0.4 is 0 Å². The number of benzene rings is 3. The van der Waals surface area contributed by atoms with Crippen molar-refractivity contribution < 1.29 is 9.59 Å². The number of carbonyl (C=O) groups excluding carboxylic acids is 2. The van der Waals surface area contributed by atoms with E-state index in [-0.39, 0.29) is 11.8 Å². The number of hydrogen-bond donors (Lipinski definition) is 0. The van der Waals surface area contributed by atoms with Crippen molar-refractivity contribution >= 4 is 34.3 Å². The van der Waals surface area contributed by atoms with Crippen LogP contribution in [-0.2, 0) is 11.3 Å². The quantitative estimate of drug-likeness (QED) is 0.539. The topological polar surface area (TPSA) is 40.6 Å². The van der Waals surface area contributed by atoms with E-state index in [1.807, 2.05) is 48.3 Å². The highest BCUT2D eigenvalue weighted by Crippen LogP contribution is 2.25. The second-order valence-electron chi connectivity index (χ2n) is 7.72. The maximum atomic E-state index is 13.2. The van der Waals surface area contributed by atoms with E-state index in [0.29, 0.717) is 17.9 Å². The number of fused-ring (bicyclic) bond motifs is 1. The van der Waals surface area contributed by atoms with Gasteiger partial charge in [0, 0.05) is 31.6 Å². The number of nitrogens with zero attached hydrogens (tertiary/aromatic N) is 2. The third kappa shape index (κ3) is 4.68. The summed E-state index contributed by atoms with van der Waals surface area (Å²) < 4.78 is 0. The van der Waals surface area contributed by atoms with E-state index in [1.54, 1.807) is 4.90 Å². The van der Waals surface area contributed by atoms with E-state index in [1.165, 1.54) is 22.5 Å². The maximum absolute atomic E-state index is 13.2. The lowest BCUT2D eigenvalue weighted by atomic mass is 10.1. The lowest BCUT2D eigenvalue weighted by molar-refractivity contribution is -0.127. The molecule has 0 unspecified atom stereocenters. The third-order valence-corrected chi connectivity index (χ3v) is 6.57. The Labute approximate surface area is 181 Å². The molecule has 0 N–H and O–H groups in total. The molecule has 1 heterocycles. The summed E-state index contributed by atoms with van der Waals surface area (Å²) in [5, 5.41) is 2.37. The van der Waals surface area contributed by atoms with Gasteiger partial charge >= 0.3 is 0 Å². The zero-order valence-corrected chi connectivity index (χ0v) is 18.0. The summed E-state index contributed by atoms with van der Waals surface area (Å²) in [6.07, 6.45) is 2.18. The van der Waals surface area contributed by atoms with Gasteiger partial charge in [0.2, 0.25) is 5.91 Å². The minimum Gasteiger partial charge on any atom is -0.342 e. The molecule has 5 heteroatoms. The normalized spacial score (nSPS) is 13.6. The Morgan fingerprint density at radius 3 is 2.43 bits per heavy atom. The van der Waals surface area contributed by atoms with Crippen LogP contribution in [0.25, 0.3) is 10.8 Å². The Balaban J connectivity index is 1.44. The Morgan fingerprint density at radius 2 is 1.63 bits per heavy atom. The van der Waals surface area contributed by atoms with Crippen LogP contribution in [0.15, 0.2) is 71.6 Å². The van der Waals surface area contributed by atoms with Gasteiger partial charge in [0.1, 0.15) is 0 Å². The van der Waals surface area contributed by atoms with Gasteiger partial charge in [-0.3, -0.25) is 9.59 Å². The first-order valence-corrected chi connectivity index (χ1v) is 11.3. The zero-order valence-electron chi connectivity index (χ0n) is 17.2. The molecule has 1 aliphatic heterocycles. The maximum Gasteiger partial charge on any atom is 0.255 e. The van der Waals surface area contributed by atoms with Gasteiger partial charge in [-0.1, -0.05) is 48.5 Å². The highest BCUT2D eigenvalue weighted by molar-refractivity contribution is 8.00. The molecule has 4 nitrogen and oxygen atoms in total. The first-order valence-electron chi connectivity index (χ1n) is 10.3. The molecule has 0 aliphatic carbocycles. The van der Waals surface area contributed by atoms with E-state index in [4.69, 9.17) is 0 Å². The summed E-state index contributed by atoms with van der Waals surface area (Å²) in [4.78, 5) is 30.1. The number of rotatable bonds is 6. The molecule has 4 rings (SSSR count). The van der Waals surface area contributed by atoms with Crippen LogP contribution in [0.2, 0.25) is 0 Å². The summed E-state index contributed by atoms with van der Waals surface area (Å²) in [7, 11) is 1.83. The molecule has 0 aromatic heterocycles. The summed E-state index contributed by atoms with van der Waals surface area (Å²) in [6, 6.07) is 22.1. The fourth-order valence-corrected chi connectivity index (χ4v) is 4.80. The standard InChI is InChI=1S/C25H26N2O2S/c1-26(17-19-12-13-20-8-2-3-9-21(20)16-19)25(29)22-10-4-5-11-23(22)30-18-24(28)27-14-6-7-15-27/h2-5,8-13,16H,6-7,14-15,17-18H2,1H3. The van der Waals surface area contributed by atoms with Crippen LogP contribution >= 0.6 is 11.8 Å². The second kappa shape index (κ2) is 9.35. The molecule has 1 saturated heterocycles. The Kier molecular flexibility index (Phi) is 6.38. The number of carbonyl (C=O) groups is 2. The van der Waals surface area contributed by atoms with Gasteiger partial charge in [-0.25, -0.2) is 0 Å². The molecule has 1 fully saturated rings. The van der Waals surface area contributed by atoms with Crippen LogP contribution in [0.4, 0.5) is 0 Å². The second-order valence-corrected chi connectivity index (χ2v) is 8.73. The van der Waals surface area contributed by atoms with Gasteiger partial charge in [-0.2, -0.15) is 0 Å². The molecule has 1 aliphatic rings. The summed E-state index contributed by atoms with van der Waals surface area (Å²) in [5.41, 5.74) is 1.75. The monoisotopic (exact) mass is 418 g/mol. The van der Waals surface area contributed by atoms with Crippen LogP contribution in [0.1, 0.15) is 28.8 Å². The predicted octanol–water partition coefficient (Wildman–Crippen LogP) is 4.83. The lowest BCUT2D eigenvalue weighted by Gasteiger charge is -2.20. The SMILES string of the molecule is CN(Cc1ccc2ccccc2c1)C(=O)c1ccccc1SCC(=O)N1CCCC1. The van der Waals surface area contributed by atoms with E-state index in [0.717, 1.165) is 36.4 Å². The minimum absolute atomic E-state index is 0.0279. The predicted molar refractivity (Wildman–Crippen MR) is 123 cm³/mol. The van der Waals surface area contributed by atoms with Crippen molar-refractivity contribution in [2.75, 3.05) is 25.9 Å². The Bertz CT molecular complexity index is 1060. The van der Waals surface area contributed by atoms with Gasteiger partial charge in [0.05, 0.1) is 11.3 Å². The Hall–Kier alpha value is -2.79. The molecule has 3 aromatic carbocycles. The van der Waals surface area contributed by atoms with Crippen LogP contribution in [0.5, 0.6) is 0 Å². The average molecular weight is 419 g/mol. The molecule has 0 atom stereocenters. The van der Waals surface area contributed by atoms with Gasteiger partial charge < -0.3 is 9.80 Å². The minimum atomic E-state index is -0.0279. The fraction of sp³-hybridized carbons (Fsp3) is 0.280. The highest BCUT2D eigenvalue weighted by atomic mass is 32.2. The Morgan fingerprint density at radius 1 is 0.933 bits per heavy atom. The molecule has 0 spiro atoms. The molecule has 0 saturated carbocycles. The smallest absolute Gasteiger partial charge is 0.255 e. The molecule has 3 aromatic rings. The van der Waals surface area contributed by atoms with Gasteiger partial charge in [0.15, 0.2) is 0 Å². The number of likely N-dealkylation sites (tertiary alicyclic amines) is 1. The van der Waals surface area contributed by atoms with Crippen molar-refractivity contribution in [1.29, 1.82) is 0 Å². The molecular formula is C25H26N2O2S. The largest absolute Gasteiger partial charge is 0.342 e. The molecule has 30 heavy (non-hydrogen) atoms. The number of thioether (sulfide) groups is 1. The van der Waals surface area contributed by atoms with Crippen molar-refractivity contribution in [3.8, 4) is 0 Å². The van der Waals surface area contributed by atoms with Crippen LogP contribution in [0.3, 0.4) is 0 Å². The first-order chi connectivity index (χ1) is 14.6. The van der Waals surface area contributed by atoms with E-state index >= 15 is 0 Å². The van der Waals surface area contributed by atoms with Crippen molar-refractivity contribution in [3.05, 3.63) is 77.9 Å². The zero-order chi connectivity index (χ0) is 20.9. The molecule has 154 valence electrons. The summed E-state index contributed by atoms with van der Waals surface area (Å²) in [6.45, 7) is 2.25. The van der Waals surface area contributed by atoms with Crippen molar-refractivity contribution in [2.45, 2.75) is 24.3 Å². The fourth-order valence-electron chi connectivity index (χ4n) is 3.85. The summed E-state index contributed by atoms with van der Waals surface area (Å²) >= 11 is 1.46. The summed E-state index contributed by atoms with van der Waals surface area (Å²) in [5.74, 6) is 0.503. The molecule has 0 bridgehead atoms. The van der Waals surface area contributed by atoms with Gasteiger partial charge in [-0.15, -0.1) is 11.8 Å². The van der Waals surface area contributed by atoms with E-state index in [2.05, 4.69) is 30.3 Å². The number of hydrogen-bond acceptors (Lipinski definition) is 3. The molecule has 2 amide bonds. The van der Waals surface area contributed by atoms with Crippen LogP contribution in [-0.4, -0.2) is 47.5 Å². The average Bonchev–Trinajstić information content (AvgIpc) is 3.32. The molecule has 0 radical (unpaired) electrons. The number of amides is 2. The lowest BCUT2D eigenvalue weighted by Crippen LogP contribution is -2.29. The van der Waals surface area contributed by atoms with E-state index in [9.17, 15) is 9.59 Å². The molecular weight excluding hydrogens is 392 g/mol. The van der Waals surface area contributed by atoms with Crippen molar-refractivity contribution in [1.82, 2.24) is 9.80 Å².